The van der Waals surface area contributed by atoms with Crippen molar-refractivity contribution < 1.29 is 18.3 Å². The predicted octanol–water partition coefficient (Wildman–Crippen LogP) is 1.42. The van der Waals surface area contributed by atoms with Crippen LogP contribution in [0.5, 0.6) is 0 Å². The van der Waals surface area contributed by atoms with Crippen molar-refractivity contribution in [3.63, 3.8) is 0 Å². The van der Waals surface area contributed by atoms with E-state index in [9.17, 15) is 13.2 Å². The van der Waals surface area contributed by atoms with E-state index in [1.807, 2.05) is 5.38 Å². The zero-order chi connectivity index (χ0) is 13.9. The Morgan fingerprint density at radius 3 is 2.79 bits per heavy atom. The molecule has 0 radical (unpaired) electrons. The fraction of sp³-hybridized carbons (Fsp3) is 0.200. The van der Waals surface area contributed by atoms with Crippen LogP contribution in [0, 0.1) is 0 Å². The molecule has 9 heteroatoms. The second-order valence-corrected chi connectivity index (χ2v) is 7.18. The molecule has 0 unspecified atom stereocenters. The van der Waals surface area contributed by atoms with Crippen molar-refractivity contribution >= 4 is 38.7 Å². The van der Waals surface area contributed by atoms with Gasteiger partial charge in [-0.15, -0.1) is 22.7 Å². The topological polar surface area (TPSA) is 96.4 Å². The van der Waals surface area contributed by atoms with E-state index in [4.69, 9.17) is 5.11 Å². The molecule has 102 valence electrons. The molecule has 0 amide bonds. The summed E-state index contributed by atoms with van der Waals surface area (Å²) in [6.07, 6.45) is 2.17. The first-order chi connectivity index (χ1) is 8.99. The van der Waals surface area contributed by atoms with E-state index in [2.05, 4.69) is 9.71 Å². The van der Waals surface area contributed by atoms with Crippen molar-refractivity contribution in [2.24, 2.45) is 0 Å². The van der Waals surface area contributed by atoms with Gasteiger partial charge < -0.3 is 5.11 Å². The molecule has 0 spiro atoms. The van der Waals surface area contributed by atoms with Gasteiger partial charge in [-0.3, -0.25) is 0 Å². The number of carboxylic acids is 1. The fourth-order valence-corrected chi connectivity index (χ4v) is 4.09. The zero-order valence-electron chi connectivity index (χ0n) is 9.57. The average Bonchev–Trinajstić information content (AvgIpc) is 2.99. The first-order valence-electron chi connectivity index (χ1n) is 5.19. The van der Waals surface area contributed by atoms with Gasteiger partial charge in [-0.1, -0.05) is 0 Å². The smallest absolute Gasteiger partial charge is 0.345 e. The van der Waals surface area contributed by atoms with Crippen LogP contribution in [0.15, 0.2) is 27.9 Å². The van der Waals surface area contributed by atoms with Gasteiger partial charge in [0.1, 0.15) is 4.88 Å². The number of carboxylic acid groups (broad SMARTS) is 1. The van der Waals surface area contributed by atoms with E-state index in [0.717, 1.165) is 22.4 Å². The van der Waals surface area contributed by atoms with E-state index in [0.29, 0.717) is 6.42 Å². The van der Waals surface area contributed by atoms with Gasteiger partial charge in [-0.25, -0.2) is 22.9 Å². The Kier molecular flexibility index (Phi) is 4.30. The van der Waals surface area contributed by atoms with Crippen molar-refractivity contribution in [1.82, 2.24) is 9.71 Å². The molecular weight excluding hydrogens is 308 g/mol. The summed E-state index contributed by atoms with van der Waals surface area (Å²) >= 11 is 2.34. The van der Waals surface area contributed by atoms with Crippen LogP contribution in [0.2, 0.25) is 0 Å². The molecular formula is C10H10N2O4S3. The average molecular weight is 318 g/mol. The minimum absolute atomic E-state index is 0.000276. The second kappa shape index (κ2) is 5.78. The summed E-state index contributed by atoms with van der Waals surface area (Å²) in [6, 6.07) is 1.15. The molecule has 0 aliphatic rings. The Labute approximate surface area is 117 Å². The summed E-state index contributed by atoms with van der Waals surface area (Å²) in [5.74, 6) is -1.13. The third kappa shape index (κ3) is 3.60. The lowest BCUT2D eigenvalue weighted by atomic mass is 10.5. The van der Waals surface area contributed by atoms with Gasteiger partial charge in [0.25, 0.3) is 0 Å². The van der Waals surface area contributed by atoms with Crippen molar-refractivity contribution in [2.75, 3.05) is 6.54 Å². The van der Waals surface area contributed by atoms with Crippen LogP contribution in [-0.2, 0) is 16.4 Å². The number of nitrogens with one attached hydrogen (secondary N) is 1. The molecule has 2 N–H and O–H groups in total. The molecule has 0 aliphatic heterocycles. The molecule has 0 saturated carbocycles. The van der Waals surface area contributed by atoms with Crippen LogP contribution >= 0.6 is 22.7 Å². The van der Waals surface area contributed by atoms with Crippen LogP contribution in [0.3, 0.4) is 0 Å². The lowest BCUT2D eigenvalue weighted by molar-refractivity contribution is 0.0702. The van der Waals surface area contributed by atoms with Gasteiger partial charge in [-0.2, -0.15) is 0 Å². The number of thiophene rings is 1. The SMILES string of the molecule is O=C(O)c1cc(S(=O)(=O)NCCc2nccs2)cs1. The summed E-state index contributed by atoms with van der Waals surface area (Å²) in [6.45, 7) is 0.230. The summed E-state index contributed by atoms with van der Waals surface area (Å²) in [5.41, 5.74) is 0. The molecule has 0 bridgehead atoms. The minimum atomic E-state index is -3.65. The third-order valence-corrected chi connectivity index (χ3v) is 5.56. The molecule has 2 rings (SSSR count). The van der Waals surface area contributed by atoms with Crippen molar-refractivity contribution in [3.8, 4) is 0 Å². The Morgan fingerprint density at radius 2 is 2.21 bits per heavy atom. The molecule has 0 aliphatic carbocycles. The number of thiazole rings is 1. The van der Waals surface area contributed by atoms with Gasteiger partial charge in [0.15, 0.2) is 0 Å². The van der Waals surface area contributed by atoms with E-state index in [-0.39, 0.29) is 16.3 Å². The number of nitrogens with zero attached hydrogens (tertiary/aromatic N) is 1. The lowest BCUT2D eigenvalue weighted by Gasteiger charge is -2.03. The monoisotopic (exact) mass is 318 g/mol. The summed E-state index contributed by atoms with van der Waals surface area (Å²) < 4.78 is 26.2. The van der Waals surface area contributed by atoms with Crippen LogP contribution in [-0.4, -0.2) is 31.0 Å². The largest absolute Gasteiger partial charge is 0.477 e. The molecule has 6 nitrogen and oxygen atoms in total. The quantitative estimate of drug-likeness (QED) is 0.840. The first kappa shape index (κ1) is 14.1. The van der Waals surface area contributed by atoms with E-state index < -0.39 is 16.0 Å². The number of hydrogen-bond donors (Lipinski definition) is 2. The number of aromatic nitrogens is 1. The molecule has 2 aromatic rings. The normalized spacial score (nSPS) is 11.6. The third-order valence-electron chi connectivity index (χ3n) is 2.21. The molecule has 2 heterocycles. The van der Waals surface area contributed by atoms with E-state index >= 15 is 0 Å². The fourth-order valence-electron chi connectivity index (χ4n) is 1.32. The maximum Gasteiger partial charge on any atom is 0.345 e. The number of rotatable bonds is 6. The Bertz CT molecular complexity index is 661. The molecule has 19 heavy (non-hydrogen) atoms. The lowest BCUT2D eigenvalue weighted by Crippen LogP contribution is -2.25. The standard InChI is InChI=1S/C10H10N2O4S3/c13-10(14)8-5-7(6-18-8)19(15,16)12-2-1-9-11-3-4-17-9/h3-6,12H,1-2H2,(H,13,14). The number of aromatic carboxylic acids is 1. The predicted molar refractivity (Wildman–Crippen MR) is 72.3 cm³/mol. The maximum atomic E-state index is 11.9. The van der Waals surface area contributed by atoms with Crippen molar-refractivity contribution in [1.29, 1.82) is 0 Å². The molecule has 0 aromatic carbocycles. The summed E-state index contributed by atoms with van der Waals surface area (Å²) in [5, 5.41) is 12.7. The molecule has 0 saturated heterocycles. The Balaban J connectivity index is 1.99. The van der Waals surface area contributed by atoms with Crippen molar-refractivity contribution in [2.45, 2.75) is 11.3 Å². The van der Waals surface area contributed by atoms with Crippen LogP contribution in [0.25, 0.3) is 0 Å². The molecule has 2 aromatic heterocycles. The highest BCUT2D eigenvalue weighted by Gasteiger charge is 2.18. The minimum Gasteiger partial charge on any atom is -0.477 e. The van der Waals surface area contributed by atoms with Gasteiger partial charge in [0.05, 0.1) is 9.90 Å². The second-order valence-electron chi connectivity index (χ2n) is 3.53. The highest BCUT2D eigenvalue weighted by atomic mass is 32.2. The number of sulfonamides is 1. The summed E-state index contributed by atoms with van der Waals surface area (Å²) in [4.78, 5) is 14.7. The maximum absolute atomic E-state index is 11.9. The Morgan fingerprint density at radius 1 is 1.42 bits per heavy atom. The number of carbonyl (C=O) groups is 1. The van der Waals surface area contributed by atoms with E-state index in [1.165, 1.54) is 16.7 Å². The van der Waals surface area contributed by atoms with Gasteiger partial charge >= 0.3 is 5.97 Å². The van der Waals surface area contributed by atoms with Gasteiger partial charge in [-0.05, 0) is 6.07 Å². The highest BCUT2D eigenvalue weighted by molar-refractivity contribution is 7.89. The van der Waals surface area contributed by atoms with Gasteiger partial charge in [0, 0.05) is 29.9 Å². The Hall–Kier alpha value is -1.29. The van der Waals surface area contributed by atoms with Crippen LogP contribution < -0.4 is 4.72 Å². The van der Waals surface area contributed by atoms with Crippen LogP contribution in [0.1, 0.15) is 14.7 Å². The highest BCUT2D eigenvalue weighted by Crippen LogP contribution is 2.19. The van der Waals surface area contributed by atoms with E-state index in [1.54, 1.807) is 6.20 Å². The summed E-state index contributed by atoms with van der Waals surface area (Å²) in [7, 11) is -3.65. The van der Waals surface area contributed by atoms with Crippen LogP contribution in [0.4, 0.5) is 0 Å². The molecule has 0 fully saturated rings. The number of hydrogen-bond acceptors (Lipinski definition) is 6. The molecule has 0 atom stereocenters. The van der Waals surface area contributed by atoms with Crippen molar-refractivity contribution in [3.05, 3.63) is 32.9 Å². The van der Waals surface area contributed by atoms with Gasteiger partial charge in [0.2, 0.25) is 10.0 Å². The first-order valence-corrected chi connectivity index (χ1v) is 8.43. The zero-order valence-corrected chi connectivity index (χ0v) is 12.0.